The number of carbonyl (C=O) groups excluding carboxylic acids is 1. The molecule has 0 bridgehead atoms. The number of piperidine rings is 1. The van der Waals surface area contributed by atoms with Crippen LogP contribution in [0, 0.1) is 0 Å². The molecule has 3 N–H and O–H groups in total. The first kappa shape index (κ1) is 14.2. The van der Waals surface area contributed by atoms with Crippen molar-refractivity contribution in [3.05, 3.63) is 41.2 Å². The third kappa shape index (κ3) is 2.68. The number of primary amides is 1. The number of para-hydroxylation sites is 2. The van der Waals surface area contributed by atoms with Crippen LogP contribution in [0.2, 0.25) is 0 Å². The van der Waals surface area contributed by atoms with E-state index in [2.05, 4.69) is 14.9 Å². The standard InChI is InChI=1S/C16H17N5OS/c17-14(22)13-9-23-16(20-13)21-7-3-4-10(8-21)15-18-11-5-1-2-6-12(11)19-15/h1-2,5-6,9-10H,3-4,7-8H2,(H2,17,22)(H,18,19)/t10-/m0/s1. The van der Waals surface area contributed by atoms with Gasteiger partial charge in [-0.3, -0.25) is 4.79 Å². The molecule has 6 nitrogen and oxygen atoms in total. The quantitative estimate of drug-likeness (QED) is 0.773. The van der Waals surface area contributed by atoms with Gasteiger partial charge >= 0.3 is 0 Å². The molecule has 3 aromatic rings. The molecule has 2 aromatic heterocycles. The van der Waals surface area contributed by atoms with Crippen molar-refractivity contribution in [3.8, 4) is 0 Å². The summed E-state index contributed by atoms with van der Waals surface area (Å²) in [5.74, 6) is 0.901. The highest BCUT2D eigenvalue weighted by molar-refractivity contribution is 7.13. The van der Waals surface area contributed by atoms with E-state index in [1.165, 1.54) is 11.3 Å². The summed E-state index contributed by atoms with van der Waals surface area (Å²) in [6, 6.07) is 8.09. The molecule has 3 heterocycles. The maximum atomic E-state index is 11.2. The van der Waals surface area contributed by atoms with Crippen LogP contribution in [0.5, 0.6) is 0 Å². The van der Waals surface area contributed by atoms with Crippen LogP contribution in [-0.4, -0.2) is 33.9 Å². The topological polar surface area (TPSA) is 87.9 Å². The maximum absolute atomic E-state index is 11.2. The summed E-state index contributed by atoms with van der Waals surface area (Å²) in [6.45, 7) is 1.80. The molecular weight excluding hydrogens is 310 g/mol. The van der Waals surface area contributed by atoms with E-state index in [-0.39, 0.29) is 0 Å². The number of rotatable bonds is 3. The summed E-state index contributed by atoms with van der Waals surface area (Å²) in [5, 5.41) is 2.59. The van der Waals surface area contributed by atoms with Crippen LogP contribution in [0.4, 0.5) is 5.13 Å². The minimum Gasteiger partial charge on any atom is -0.364 e. The Morgan fingerprint density at radius 2 is 2.22 bits per heavy atom. The zero-order valence-corrected chi connectivity index (χ0v) is 13.3. The van der Waals surface area contributed by atoms with E-state index in [1.54, 1.807) is 5.38 Å². The summed E-state index contributed by atoms with van der Waals surface area (Å²) in [7, 11) is 0. The Balaban J connectivity index is 1.57. The minimum absolute atomic E-state index is 0.343. The van der Waals surface area contributed by atoms with Gasteiger partial charge in [-0.2, -0.15) is 0 Å². The number of hydrogen-bond donors (Lipinski definition) is 2. The van der Waals surface area contributed by atoms with Crippen LogP contribution in [0.1, 0.15) is 35.1 Å². The molecular formula is C16H17N5OS. The molecule has 118 valence electrons. The number of carbonyl (C=O) groups is 1. The smallest absolute Gasteiger partial charge is 0.268 e. The van der Waals surface area contributed by atoms with E-state index in [0.717, 1.165) is 47.9 Å². The van der Waals surface area contributed by atoms with Crippen LogP contribution < -0.4 is 10.6 Å². The van der Waals surface area contributed by atoms with Gasteiger partial charge in [0, 0.05) is 24.4 Å². The molecule has 0 spiro atoms. The Bertz CT molecular complexity index is 822. The monoisotopic (exact) mass is 327 g/mol. The fourth-order valence-electron chi connectivity index (χ4n) is 3.06. The average molecular weight is 327 g/mol. The van der Waals surface area contributed by atoms with Gasteiger partial charge in [-0.25, -0.2) is 9.97 Å². The molecule has 0 radical (unpaired) electrons. The lowest BCUT2D eigenvalue weighted by Gasteiger charge is -2.31. The number of thiazole rings is 1. The summed E-state index contributed by atoms with van der Waals surface area (Å²) < 4.78 is 0. The van der Waals surface area contributed by atoms with Crippen molar-refractivity contribution in [3.63, 3.8) is 0 Å². The summed E-state index contributed by atoms with van der Waals surface area (Å²) in [5.41, 5.74) is 7.71. The number of nitrogens with one attached hydrogen (secondary N) is 1. The second-order valence-corrected chi connectivity index (χ2v) is 6.64. The highest BCUT2D eigenvalue weighted by Gasteiger charge is 2.25. The van der Waals surface area contributed by atoms with E-state index < -0.39 is 5.91 Å². The Morgan fingerprint density at radius 3 is 3.00 bits per heavy atom. The van der Waals surface area contributed by atoms with Crippen LogP contribution >= 0.6 is 11.3 Å². The van der Waals surface area contributed by atoms with Crippen LogP contribution in [-0.2, 0) is 0 Å². The SMILES string of the molecule is NC(=O)c1csc(N2CCC[C@H](c3nc4ccccc4[nH]3)C2)n1. The first-order valence-corrected chi connectivity index (χ1v) is 8.53. The molecule has 0 unspecified atom stereocenters. The lowest BCUT2D eigenvalue weighted by Crippen LogP contribution is -2.34. The highest BCUT2D eigenvalue weighted by Crippen LogP contribution is 2.31. The second kappa shape index (κ2) is 5.66. The number of hydrogen-bond acceptors (Lipinski definition) is 5. The van der Waals surface area contributed by atoms with Gasteiger partial charge in [0.05, 0.1) is 11.0 Å². The van der Waals surface area contributed by atoms with E-state index in [4.69, 9.17) is 10.7 Å². The van der Waals surface area contributed by atoms with Crippen LogP contribution in [0.25, 0.3) is 11.0 Å². The highest BCUT2D eigenvalue weighted by atomic mass is 32.1. The molecule has 0 aliphatic carbocycles. The molecule has 1 aliphatic rings. The van der Waals surface area contributed by atoms with Gasteiger partial charge in [0.25, 0.3) is 5.91 Å². The Morgan fingerprint density at radius 1 is 1.35 bits per heavy atom. The largest absolute Gasteiger partial charge is 0.364 e. The molecule has 0 saturated carbocycles. The lowest BCUT2D eigenvalue weighted by molar-refractivity contribution is 0.0996. The third-order valence-electron chi connectivity index (χ3n) is 4.23. The van der Waals surface area contributed by atoms with Gasteiger partial charge in [0.2, 0.25) is 0 Å². The summed E-state index contributed by atoms with van der Waals surface area (Å²) in [4.78, 5) is 25.9. The fraction of sp³-hybridized carbons (Fsp3) is 0.312. The van der Waals surface area contributed by atoms with E-state index in [0.29, 0.717) is 11.6 Å². The Hall–Kier alpha value is -2.41. The number of aromatic amines is 1. The van der Waals surface area contributed by atoms with Crippen molar-refractivity contribution in [2.75, 3.05) is 18.0 Å². The fourth-order valence-corrected chi connectivity index (χ4v) is 3.91. The second-order valence-electron chi connectivity index (χ2n) is 5.80. The van der Waals surface area contributed by atoms with Crippen molar-refractivity contribution in [1.82, 2.24) is 15.0 Å². The van der Waals surface area contributed by atoms with E-state index >= 15 is 0 Å². The maximum Gasteiger partial charge on any atom is 0.268 e. The number of amides is 1. The number of anilines is 1. The molecule has 1 atom stereocenters. The molecule has 1 amide bonds. The van der Waals surface area contributed by atoms with E-state index in [1.807, 2.05) is 24.3 Å². The number of benzene rings is 1. The third-order valence-corrected chi connectivity index (χ3v) is 5.13. The Kier molecular flexibility index (Phi) is 3.49. The van der Waals surface area contributed by atoms with Crippen LogP contribution in [0.3, 0.4) is 0 Å². The summed E-state index contributed by atoms with van der Waals surface area (Å²) >= 11 is 1.47. The molecule has 1 aliphatic heterocycles. The van der Waals surface area contributed by atoms with Crippen molar-refractivity contribution in [2.45, 2.75) is 18.8 Å². The first-order chi connectivity index (χ1) is 11.2. The first-order valence-electron chi connectivity index (χ1n) is 7.65. The van der Waals surface area contributed by atoms with Crippen LogP contribution in [0.15, 0.2) is 29.6 Å². The Labute approximate surface area is 137 Å². The van der Waals surface area contributed by atoms with Crippen molar-refractivity contribution < 1.29 is 4.79 Å². The van der Waals surface area contributed by atoms with Gasteiger partial charge in [0.1, 0.15) is 11.5 Å². The molecule has 7 heteroatoms. The number of imidazole rings is 1. The van der Waals surface area contributed by atoms with E-state index in [9.17, 15) is 4.79 Å². The number of nitrogens with two attached hydrogens (primary N) is 1. The number of H-pyrrole nitrogens is 1. The molecule has 1 aromatic carbocycles. The van der Waals surface area contributed by atoms with Gasteiger partial charge in [-0.05, 0) is 25.0 Å². The van der Waals surface area contributed by atoms with Crippen molar-refractivity contribution in [2.24, 2.45) is 5.73 Å². The average Bonchev–Trinajstić information content (AvgIpc) is 3.22. The lowest BCUT2D eigenvalue weighted by atomic mass is 9.98. The van der Waals surface area contributed by atoms with Gasteiger partial charge < -0.3 is 15.6 Å². The van der Waals surface area contributed by atoms with Gasteiger partial charge in [0.15, 0.2) is 5.13 Å². The molecule has 1 saturated heterocycles. The normalized spacial score (nSPS) is 18.4. The molecule has 23 heavy (non-hydrogen) atoms. The predicted molar refractivity (Wildman–Crippen MR) is 90.9 cm³/mol. The van der Waals surface area contributed by atoms with Gasteiger partial charge in [-0.1, -0.05) is 12.1 Å². The number of aromatic nitrogens is 3. The van der Waals surface area contributed by atoms with Crippen molar-refractivity contribution in [1.29, 1.82) is 0 Å². The minimum atomic E-state index is -0.474. The molecule has 1 fully saturated rings. The zero-order valence-electron chi connectivity index (χ0n) is 12.5. The summed E-state index contributed by atoms with van der Waals surface area (Å²) in [6.07, 6.45) is 2.18. The predicted octanol–water partition coefficient (Wildman–Crippen LogP) is 2.50. The van der Waals surface area contributed by atoms with Crippen molar-refractivity contribution >= 4 is 33.4 Å². The number of fused-ring (bicyclic) bond motifs is 1. The number of nitrogens with zero attached hydrogens (tertiary/aromatic N) is 3. The zero-order chi connectivity index (χ0) is 15.8. The van der Waals surface area contributed by atoms with Gasteiger partial charge in [-0.15, -0.1) is 11.3 Å². The molecule has 4 rings (SSSR count).